The van der Waals surface area contributed by atoms with Crippen LogP contribution in [0.2, 0.25) is 5.02 Å². The summed E-state index contributed by atoms with van der Waals surface area (Å²) in [7, 11) is 0. The molecule has 36 heavy (non-hydrogen) atoms. The summed E-state index contributed by atoms with van der Waals surface area (Å²) in [5, 5.41) is 12.4. The Morgan fingerprint density at radius 2 is 2.00 bits per heavy atom. The number of aromatic nitrogens is 1. The number of carbonyl (C=O) groups excluding carboxylic acids is 2. The van der Waals surface area contributed by atoms with E-state index >= 15 is 0 Å². The van der Waals surface area contributed by atoms with E-state index in [2.05, 4.69) is 4.98 Å². The normalized spacial score (nSPS) is 18.9. The number of thiazole rings is 1. The average molecular weight is 517 g/mol. The van der Waals surface area contributed by atoms with E-state index in [1.807, 2.05) is 37.3 Å². The van der Waals surface area contributed by atoms with Crippen molar-refractivity contribution in [2.45, 2.75) is 25.8 Å². The van der Waals surface area contributed by atoms with Gasteiger partial charge in [0.15, 0.2) is 5.13 Å². The highest BCUT2D eigenvalue weighted by atomic mass is 35.5. The number of aliphatic hydroxyl groups excluding tert-OH is 1. The fourth-order valence-electron chi connectivity index (χ4n) is 4.84. The zero-order valence-corrected chi connectivity index (χ0v) is 20.9. The van der Waals surface area contributed by atoms with Crippen molar-refractivity contribution >= 4 is 55.7 Å². The van der Waals surface area contributed by atoms with Gasteiger partial charge in [0.2, 0.25) is 0 Å². The number of ketones is 1. The Bertz CT molecular complexity index is 1590. The van der Waals surface area contributed by atoms with Crippen molar-refractivity contribution in [3.63, 3.8) is 0 Å². The van der Waals surface area contributed by atoms with Crippen LogP contribution < -0.4 is 9.64 Å². The number of benzene rings is 3. The maximum absolute atomic E-state index is 13.5. The van der Waals surface area contributed by atoms with Gasteiger partial charge in [-0.2, -0.15) is 0 Å². The second-order valence-corrected chi connectivity index (χ2v) is 10.4. The van der Waals surface area contributed by atoms with Crippen molar-refractivity contribution in [1.29, 1.82) is 0 Å². The zero-order chi connectivity index (χ0) is 25.0. The Hall–Kier alpha value is -3.68. The van der Waals surface area contributed by atoms with Gasteiger partial charge in [-0.05, 0) is 67.3 Å². The molecule has 0 aliphatic carbocycles. The Labute approximate surface area is 216 Å². The lowest BCUT2D eigenvalue weighted by atomic mass is 9.93. The second kappa shape index (κ2) is 8.76. The maximum atomic E-state index is 13.5. The number of hydrogen-bond donors (Lipinski definition) is 1. The van der Waals surface area contributed by atoms with Crippen molar-refractivity contribution in [2.75, 3.05) is 11.5 Å². The Balaban J connectivity index is 1.54. The lowest BCUT2D eigenvalue weighted by Crippen LogP contribution is -2.29. The number of nitrogens with zero attached hydrogens (tertiary/aromatic N) is 2. The molecule has 4 aromatic rings. The highest BCUT2D eigenvalue weighted by molar-refractivity contribution is 7.22. The Morgan fingerprint density at radius 3 is 2.83 bits per heavy atom. The van der Waals surface area contributed by atoms with Crippen molar-refractivity contribution in [2.24, 2.45) is 0 Å². The van der Waals surface area contributed by atoms with E-state index in [0.29, 0.717) is 33.4 Å². The standard InChI is InChI=1S/C28H21ClN2O4S/c1-15-4-2-5-17(12-15)24-23(25(32)18-7-10-21-16(13-18)6-3-11-35-21)26(33)27(34)31(24)28-30-20-9-8-19(29)14-22(20)36-28/h2,4-5,7-10,12-14,24,32H,3,6,11H2,1H3/b25-23+. The number of aryl methyl sites for hydroxylation is 2. The summed E-state index contributed by atoms with van der Waals surface area (Å²) in [6, 6.07) is 17.4. The number of aliphatic hydroxyl groups is 1. The van der Waals surface area contributed by atoms with Crippen LogP contribution in [0.1, 0.15) is 34.7 Å². The van der Waals surface area contributed by atoms with Gasteiger partial charge in [-0.15, -0.1) is 0 Å². The third-order valence-corrected chi connectivity index (χ3v) is 7.78. The molecule has 0 radical (unpaired) electrons. The van der Waals surface area contributed by atoms with Gasteiger partial charge in [0.1, 0.15) is 11.5 Å². The highest BCUT2D eigenvalue weighted by Gasteiger charge is 2.48. The monoisotopic (exact) mass is 516 g/mol. The number of Topliss-reactive ketones (excluding diaryl/α,β-unsaturated/α-hetero) is 1. The van der Waals surface area contributed by atoms with Crippen LogP contribution in [0.15, 0.2) is 66.2 Å². The second-order valence-electron chi connectivity index (χ2n) is 8.97. The van der Waals surface area contributed by atoms with Gasteiger partial charge in [0, 0.05) is 10.6 Å². The molecule has 0 bridgehead atoms. The van der Waals surface area contributed by atoms with E-state index in [1.165, 1.54) is 16.2 Å². The molecule has 6 nitrogen and oxygen atoms in total. The van der Waals surface area contributed by atoms with Crippen LogP contribution in [0.5, 0.6) is 5.75 Å². The lowest BCUT2D eigenvalue weighted by Gasteiger charge is -2.23. The summed E-state index contributed by atoms with van der Waals surface area (Å²) in [6.07, 6.45) is 1.70. The van der Waals surface area contributed by atoms with Crippen LogP contribution in [-0.2, 0) is 16.0 Å². The predicted octanol–water partition coefficient (Wildman–Crippen LogP) is 6.21. The topological polar surface area (TPSA) is 79.7 Å². The van der Waals surface area contributed by atoms with Crippen molar-refractivity contribution < 1.29 is 19.4 Å². The van der Waals surface area contributed by atoms with Gasteiger partial charge in [0.25, 0.3) is 5.78 Å². The van der Waals surface area contributed by atoms with E-state index in [9.17, 15) is 14.7 Å². The van der Waals surface area contributed by atoms with Gasteiger partial charge < -0.3 is 9.84 Å². The van der Waals surface area contributed by atoms with Crippen LogP contribution >= 0.6 is 22.9 Å². The van der Waals surface area contributed by atoms with E-state index in [-0.39, 0.29) is 11.3 Å². The van der Waals surface area contributed by atoms with E-state index in [4.69, 9.17) is 16.3 Å². The molecule has 0 spiro atoms. The predicted molar refractivity (Wildman–Crippen MR) is 141 cm³/mol. The summed E-state index contributed by atoms with van der Waals surface area (Å²) in [5.41, 5.74) is 3.86. The minimum Gasteiger partial charge on any atom is -0.507 e. The number of fused-ring (bicyclic) bond motifs is 2. The molecule has 1 N–H and O–H groups in total. The van der Waals surface area contributed by atoms with Crippen LogP contribution in [0.4, 0.5) is 5.13 Å². The average Bonchev–Trinajstić information content (AvgIpc) is 3.41. The molecule has 0 saturated carbocycles. The van der Waals surface area contributed by atoms with Crippen LogP contribution in [-0.4, -0.2) is 28.4 Å². The fourth-order valence-corrected chi connectivity index (χ4v) is 6.11. The van der Waals surface area contributed by atoms with E-state index in [1.54, 1.807) is 30.3 Å². The first-order valence-electron chi connectivity index (χ1n) is 11.6. The molecule has 1 unspecified atom stereocenters. The minimum absolute atomic E-state index is 0.0413. The van der Waals surface area contributed by atoms with Gasteiger partial charge in [0.05, 0.1) is 28.4 Å². The third-order valence-electron chi connectivity index (χ3n) is 6.53. The first-order valence-corrected chi connectivity index (χ1v) is 12.8. The molecule has 1 aromatic heterocycles. The zero-order valence-electron chi connectivity index (χ0n) is 19.3. The van der Waals surface area contributed by atoms with Gasteiger partial charge in [-0.3, -0.25) is 14.5 Å². The molecular formula is C28H21ClN2O4S. The smallest absolute Gasteiger partial charge is 0.301 e. The van der Waals surface area contributed by atoms with Crippen molar-refractivity contribution in [3.05, 3.63) is 93.5 Å². The van der Waals surface area contributed by atoms with Gasteiger partial charge >= 0.3 is 5.91 Å². The number of rotatable bonds is 3. The molecular weight excluding hydrogens is 496 g/mol. The van der Waals surface area contributed by atoms with Crippen LogP contribution in [0.25, 0.3) is 16.0 Å². The molecule has 6 rings (SSSR count). The van der Waals surface area contributed by atoms with Crippen LogP contribution in [0.3, 0.4) is 0 Å². The summed E-state index contributed by atoms with van der Waals surface area (Å²) >= 11 is 7.44. The number of ether oxygens (including phenoxy) is 1. The molecule has 1 atom stereocenters. The minimum atomic E-state index is -0.826. The molecule has 3 aromatic carbocycles. The molecule has 2 aliphatic heterocycles. The Kier molecular flexibility index (Phi) is 5.54. The summed E-state index contributed by atoms with van der Waals surface area (Å²) < 4.78 is 6.50. The summed E-state index contributed by atoms with van der Waals surface area (Å²) in [5.74, 6) is -0.902. The van der Waals surface area contributed by atoms with Gasteiger partial charge in [-0.25, -0.2) is 4.98 Å². The number of anilines is 1. The number of carbonyl (C=O) groups is 2. The van der Waals surface area contributed by atoms with E-state index in [0.717, 1.165) is 34.4 Å². The number of amides is 1. The molecule has 8 heteroatoms. The van der Waals surface area contributed by atoms with Crippen molar-refractivity contribution in [1.82, 2.24) is 4.98 Å². The first-order chi connectivity index (χ1) is 17.4. The molecule has 1 amide bonds. The van der Waals surface area contributed by atoms with Gasteiger partial charge in [-0.1, -0.05) is 52.8 Å². The first kappa shape index (κ1) is 22.8. The number of halogens is 1. The summed E-state index contributed by atoms with van der Waals surface area (Å²) in [6.45, 7) is 2.60. The summed E-state index contributed by atoms with van der Waals surface area (Å²) in [4.78, 5) is 32.9. The van der Waals surface area contributed by atoms with E-state index < -0.39 is 17.7 Å². The fraction of sp³-hybridized carbons (Fsp3) is 0.179. The molecule has 2 aliphatic rings. The quantitative estimate of drug-likeness (QED) is 0.199. The van der Waals surface area contributed by atoms with Crippen molar-refractivity contribution in [3.8, 4) is 5.75 Å². The van der Waals surface area contributed by atoms with Crippen LogP contribution in [0, 0.1) is 6.92 Å². The lowest BCUT2D eigenvalue weighted by molar-refractivity contribution is -0.132. The molecule has 3 heterocycles. The maximum Gasteiger partial charge on any atom is 0.301 e. The number of hydrogen-bond acceptors (Lipinski definition) is 6. The third kappa shape index (κ3) is 3.75. The SMILES string of the molecule is Cc1cccc(C2/C(=C(\O)c3ccc4c(c3)CCCO4)C(=O)C(=O)N2c2nc3ccc(Cl)cc3s2)c1. The largest absolute Gasteiger partial charge is 0.507 e. The molecule has 1 fully saturated rings. The highest BCUT2D eigenvalue weighted by Crippen LogP contribution is 2.45. The molecule has 1 saturated heterocycles. The Morgan fingerprint density at radius 1 is 1.14 bits per heavy atom. The molecule has 180 valence electrons.